The molecule has 0 heterocycles. The van der Waals surface area contributed by atoms with Gasteiger partial charge in [0.05, 0.1) is 0 Å². The Morgan fingerprint density at radius 3 is 2.44 bits per heavy atom. The molecule has 92 valence electrons. The van der Waals surface area contributed by atoms with Crippen LogP contribution in [0.4, 0.5) is 0 Å². The van der Waals surface area contributed by atoms with Crippen molar-refractivity contribution in [1.82, 2.24) is 10.6 Å². The molecule has 0 aromatic carbocycles. The standard InChI is InChI=1S/C12H23N3O/c13-8-11(14-9-3-1-2-4-9)7-12(16)15-10-5-6-10/h9-11,14H,1-8,13H2,(H,15,16). The van der Waals surface area contributed by atoms with Crippen LogP contribution in [0.15, 0.2) is 0 Å². The minimum absolute atomic E-state index is 0.154. The van der Waals surface area contributed by atoms with Gasteiger partial charge in [0.25, 0.3) is 0 Å². The van der Waals surface area contributed by atoms with Crippen molar-refractivity contribution in [2.24, 2.45) is 5.73 Å². The number of carbonyl (C=O) groups is 1. The Labute approximate surface area is 97.3 Å². The first kappa shape index (κ1) is 11.9. The lowest BCUT2D eigenvalue weighted by Crippen LogP contribution is -2.45. The molecule has 2 rings (SSSR count). The average molecular weight is 225 g/mol. The van der Waals surface area contributed by atoms with Crippen LogP contribution in [0.5, 0.6) is 0 Å². The molecule has 1 atom stereocenters. The second-order valence-corrected chi connectivity index (χ2v) is 5.13. The van der Waals surface area contributed by atoms with Crippen LogP contribution in [0.2, 0.25) is 0 Å². The molecule has 1 unspecified atom stereocenters. The third-order valence-corrected chi connectivity index (χ3v) is 3.49. The summed E-state index contributed by atoms with van der Waals surface area (Å²) < 4.78 is 0. The van der Waals surface area contributed by atoms with Crippen molar-refractivity contribution in [2.45, 2.75) is 63.1 Å². The second kappa shape index (κ2) is 5.64. The highest BCUT2D eigenvalue weighted by atomic mass is 16.1. The smallest absolute Gasteiger partial charge is 0.221 e. The molecule has 0 aromatic rings. The Morgan fingerprint density at radius 1 is 1.19 bits per heavy atom. The number of nitrogens with two attached hydrogens (primary N) is 1. The fourth-order valence-electron chi connectivity index (χ4n) is 2.37. The quantitative estimate of drug-likeness (QED) is 0.617. The van der Waals surface area contributed by atoms with E-state index in [0.717, 1.165) is 12.8 Å². The van der Waals surface area contributed by atoms with Crippen molar-refractivity contribution in [1.29, 1.82) is 0 Å². The Bertz CT molecular complexity index is 234. The minimum Gasteiger partial charge on any atom is -0.353 e. The monoisotopic (exact) mass is 225 g/mol. The molecular weight excluding hydrogens is 202 g/mol. The van der Waals surface area contributed by atoms with Crippen molar-refractivity contribution in [2.75, 3.05) is 6.54 Å². The molecule has 4 nitrogen and oxygen atoms in total. The van der Waals surface area contributed by atoms with Gasteiger partial charge in [-0.05, 0) is 25.7 Å². The number of hydrogen-bond acceptors (Lipinski definition) is 3. The number of hydrogen-bond donors (Lipinski definition) is 3. The Hall–Kier alpha value is -0.610. The van der Waals surface area contributed by atoms with E-state index in [1.54, 1.807) is 0 Å². The maximum atomic E-state index is 11.6. The lowest BCUT2D eigenvalue weighted by molar-refractivity contribution is -0.121. The fraction of sp³-hybridized carbons (Fsp3) is 0.917. The van der Waals surface area contributed by atoms with E-state index in [2.05, 4.69) is 10.6 Å². The molecule has 2 aliphatic rings. The lowest BCUT2D eigenvalue weighted by atomic mass is 10.1. The molecule has 4 N–H and O–H groups in total. The van der Waals surface area contributed by atoms with Gasteiger partial charge in [0, 0.05) is 31.1 Å². The SMILES string of the molecule is NCC(CC(=O)NC1CC1)NC1CCCC1. The first-order valence-corrected chi connectivity index (χ1v) is 6.53. The third kappa shape index (κ3) is 3.76. The van der Waals surface area contributed by atoms with Crippen LogP contribution < -0.4 is 16.4 Å². The summed E-state index contributed by atoms with van der Waals surface area (Å²) >= 11 is 0. The minimum atomic E-state index is 0.154. The van der Waals surface area contributed by atoms with Gasteiger partial charge in [0.2, 0.25) is 5.91 Å². The van der Waals surface area contributed by atoms with Crippen molar-refractivity contribution in [3.05, 3.63) is 0 Å². The topological polar surface area (TPSA) is 67.2 Å². The summed E-state index contributed by atoms with van der Waals surface area (Å²) in [6.45, 7) is 0.550. The molecule has 1 amide bonds. The predicted octanol–water partition coefficient (Wildman–Crippen LogP) is 0.515. The van der Waals surface area contributed by atoms with Crippen LogP contribution in [0, 0.1) is 0 Å². The summed E-state index contributed by atoms with van der Waals surface area (Å²) in [6, 6.07) is 1.20. The van der Waals surface area contributed by atoms with Crippen LogP contribution >= 0.6 is 0 Å². The van der Waals surface area contributed by atoms with Gasteiger partial charge in [0.15, 0.2) is 0 Å². The van der Waals surface area contributed by atoms with Gasteiger partial charge in [-0.2, -0.15) is 0 Å². The highest BCUT2D eigenvalue weighted by molar-refractivity contribution is 5.77. The molecular formula is C12H23N3O. The summed E-state index contributed by atoms with van der Waals surface area (Å²) in [7, 11) is 0. The third-order valence-electron chi connectivity index (χ3n) is 3.49. The molecule has 2 aliphatic carbocycles. The van der Waals surface area contributed by atoms with Crippen LogP contribution in [-0.4, -0.2) is 30.6 Å². The first-order valence-electron chi connectivity index (χ1n) is 6.53. The van der Waals surface area contributed by atoms with Gasteiger partial charge < -0.3 is 16.4 Å². The number of carbonyl (C=O) groups excluding carboxylic acids is 1. The second-order valence-electron chi connectivity index (χ2n) is 5.13. The Morgan fingerprint density at radius 2 is 1.88 bits per heavy atom. The molecule has 0 bridgehead atoms. The van der Waals surface area contributed by atoms with Gasteiger partial charge in [-0.25, -0.2) is 0 Å². The zero-order valence-corrected chi connectivity index (χ0v) is 9.87. The molecule has 0 radical (unpaired) electrons. The van der Waals surface area contributed by atoms with E-state index in [9.17, 15) is 4.79 Å². The normalized spacial score (nSPS) is 23.3. The maximum Gasteiger partial charge on any atom is 0.221 e. The fourth-order valence-corrected chi connectivity index (χ4v) is 2.37. The Kier molecular flexibility index (Phi) is 4.18. The van der Waals surface area contributed by atoms with Crippen molar-refractivity contribution >= 4 is 5.91 Å². The molecule has 0 aliphatic heterocycles. The Balaban J connectivity index is 1.68. The van der Waals surface area contributed by atoms with Crippen LogP contribution in [-0.2, 0) is 4.79 Å². The van der Waals surface area contributed by atoms with Crippen molar-refractivity contribution < 1.29 is 4.79 Å². The molecule has 2 fully saturated rings. The molecule has 0 spiro atoms. The largest absolute Gasteiger partial charge is 0.353 e. The number of amides is 1. The molecule has 2 saturated carbocycles. The zero-order chi connectivity index (χ0) is 11.4. The molecule has 16 heavy (non-hydrogen) atoms. The van der Waals surface area contributed by atoms with Gasteiger partial charge >= 0.3 is 0 Å². The summed E-state index contributed by atoms with van der Waals surface area (Å²) in [5, 5.41) is 6.51. The van der Waals surface area contributed by atoms with E-state index >= 15 is 0 Å². The van der Waals surface area contributed by atoms with Crippen LogP contribution in [0.25, 0.3) is 0 Å². The van der Waals surface area contributed by atoms with Gasteiger partial charge in [-0.1, -0.05) is 12.8 Å². The van der Waals surface area contributed by atoms with Crippen LogP contribution in [0.1, 0.15) is 44.9 Å². The van der Waals surface area contributed by atoms with Gasteiger partial charge in [-0.15, -0.1) is 0 Å². The van der Waals surface area contributed by atoms with E-state index < -0.39 is 0 Å². The summed E-state index contributed by atoms with van der Waals surface area (Å²) in [5.41, 5.74) is 5.70. The van der Waals surface area contributed by atoms with Gasteiger partial charge in [-0.3, -0.25) is 4.79 Å². The summed E-state index contributed by atoms with van der Waals surface area (Å²) in [5.74, 6) is 0.156. The predicted molar refractivity (Wildman–Crippen MR) is 64.0 cm³/mol. The number of nitrogens with one attached hydrogen (secondary N) is 2. The van der Waals surface area contributed by atoms with E-state index in [-0.39, 0.29) is 11.9 Å². The van der Waals surface area contributed by atoms with E-state index in [0.29, 0.717) is 25.0 Å². The summed E-state index contributed by atoms with van der Waals surface area (Å²) in [4.78, 5) is 11.6. The molecule has 0 saturated heterocycles. The van der Waals surface area contributed by atoms with E-state index in [1.807, 2.05) is 0 Å². The van der Waals surface area contributed by atoms with E-state index in [1.165, 1.54) is 25.7 Å². The van der Waals surface area contributed by atoms with Gasteiger partial charge in [0.1, 0.15) is 0 Å². The maximum absolute atomic E-state index is 11.6. The van der Waals surface area contributed by atoms with E-state index in [4.69, 9.17) is 5.73 Å². The first-order chi connectivity index (χ1) is 7.78. The van der Waals surface area contributed by atoms with Crippen molar-refractivity contribution in [3.8, 4) is 0 Å². The molecule has 0 aromatic heterocycles. The molecule has 4 heteroatoms. The van der Waals surface area contributed by atoms with Crippen LogP contribution in [0.3, 0.4) is 0 Å². The average Bonchev–Trinajstić information content (AvgIpc) is 2.92. The zero-order valence-electron chi connectivity index (χ0n) is 9.87. The highest BCUT2D eigenvalue weighted by Crippen LogP contribution is 2.20. The highest BCUT2D eigenvalue weighted by Gasteiger charge is 2.25. The van der Waals surface area contributed by atoms with Crippen molar-refractivity contribution in [3.63, 3.8) is 0 Å². The summed E-state index contributed by atoms with van der Waals surface area (Å²) in [6.07, 6.45) is 7.92. The number of rotatable bonds is 6. The lowest BCUT2D eigenvalue weighted by Gasteiger charge is -2.21.